The van der Waals surface area contributed by atoms with E-state index in [9.17, 15) is 9.90 Å². The van der Waals surface area contributed by atoms with Gasteiger partial charge in [0, 0.05) is 13.1 Å². The number of aliphatic hydroxyl groups is 1. The SMILES string of the molecule is CN(C)CC(C)(O)CNC(=O)C1CCCCCN1. The molecular formula is C13H27N3O2. The molecule has 0 spiro atoms. The number of nitrogens with zero attached hydrogens (tertiary/aromatic N) is 1. The molecule has 0 aromatic heterocycles. The summed E-state index contributed by atoms with van der Waals surface area (Å²) in [4.78, 5) is 13.9. The van der Waals surface area contributed by atoms with Crippen LogP contribution in [0.1, 0.15) is 32.6 Å². The molecule has 1 aliphatic heterocycles. The molecule has 1 rings (SSSR count). The van der Waals surface area contributed by atoms with Gasteiger partial charge in [-0.2, -0.15) is 0 Å². The number of carbonyl (C=O) groups excluding carboxylic acids is 1. The first kappa shape index (κ1) is 15.4. The second-order valence-electron chi connectivity index (χ2n) is 5.81. The number of carbonyl (C=O) groups is 1. The van der Waals surface area contributed by atoms with Gasteiger partial charge in [-0.1, -0.05) is 12.8 Å². The molecule has 1 saturated heterocycles. The summed E-state index contributed by atoms with van der Waals surface area (Å²) in [6.45, 7) is 3.48. The Morgan fingerprint density at radius 1 is 1.44 bits per heavy atom. The summed E-state index contributed by atoms with van der Waals surface area (Å²) in [7, 11) is 3.81. The van der Waals surface area contributed by atoms with Gasteiger partial charge in [0.05, 0.1) is 11.6 Å². The van der Waals surface area contributed by atoms with Crippen molar-refractivity contribution in [1.29, 1.82) is 0 Å². The average molecular weight is 257 g/mol. The lowest BCUT2D eigenvalue weighted by atomic mass is 10.1. The number of nitrogens with one attached hydrogen (secondary N) is 2. The van der Waals surface area contributed by atoms with Crippen LogP contribution in [-0.2, 0) is 4.79 Å². The molecule has 2 unspecified atom stereocenters. The van der Waals surface area contributed by atoms with Crippen molar-refractivity contribution in [3.8, 4) is 0 Å². The van der Waals surface area contributed by atoms with Gasteiger partial charge >= 0.3 is 0 Å². The molecule has 1 heterocycles. The Balaban J connectivity index is 2.35. The summed E-state index contributed by atoms with van der Waals surface area (Å²) in [5, 5.41) is 16.2. The zero-order valence-corrected chi connectivity index (χ0v) is 11.8. The third kappa shape index (κ3) is 5.80. The van der Waals surface area contributed by atoms with Crippen LogP contribution in [0.25, 0.3) is 0 Å². The van der Waals surface area contributed by atoms with E-state index in [1.54, 1.807) is 6.92 Å². The number of rotatable bonds is 5. The van der Waals surface area contributed by atoms with Crippen LogP contribution >= 0.6 is 0 Å². The molecule has 0 aromatic carbocycles. The van der Waals surface area contributed by atoms with Gasteiger partial charge in [-0.3, -0.25) is 4.79 Å². The Hall–Kier alpha value is -0.650. The lowest BCUT2D eigenvalue weighted by Crippen LogP contribution is -2.51. The normalized spacial score (nSPS) is 24.4. The van der Waals surface area contributed by atoms with Crippen LogP contribution in [0.2, 0.25) is 0 Å². The van der Waals surface area contributed by atoms with Gasteiger partial charge in [0.1, 0.15) is 0 Å². The van der Waals surface area contributed by atoms with Crippen molar-refractivity contribution in [1.82, 2.24) is 15.5 Å². The van der Waals surface area contributed by atoms with E-state index in [2.05, 4.69) is 10.6 Å². The molecule has 3 N–H and O–H groups in total. The van der Waals surface area contributed by atoms with Crippen LogP contribution in [0.3, 0.4) is 0 Å². The minimum absolute atomic E-state index is 0.0101. The molecule has 1 aliphatic rings. The number of amides is 1. The Morgan fingerprint density at radius 3 is 2.83 bits per heavy atom. The fraction of sp³-hybridized carbons (Fsp3) is 0.923. The smallest absolute Gasteiger partial charge is 0.237 e. The lowest BCUT2D eigenvalue weighted by molar-refractivity contribution is -0.124. The number of hydrogen-bond donors (Lipinski definition) is 3. The highest BCUT2D eigenvalue weighted by Gasteiger charge is 2.25. The summed E-state index contributed by atoms with van der Waals surface area (Å²) in [6.07, 6.45) is 4.32. The molecule has 1 amide bonds. The summed E-state index contributed by atoms with van der Waals surface area (Å²) < 4.78 is 0. The molecule has 5 nitrogen and oxygen atoms in total. The number of likely N-dealkylation sites (N-methyl/N-ethyl adjacent to an activating group) is 1. The van der Waals surface area contributed by atoms with E-state index >= 15 is 0 Å². The zero-order chi connectivity index (χ0) is 13.6. The van der Waals surface area contributed by atoms with E-state index in [0.29, 0.717) is 13.1 Å². The van der Waals surface area contributed by atoms with Crippen molar-refractivity contribution in [3.63, 3.8) is 0 Å². The van der Waals surface area contributed by atoms with Crippen molar-refractivity contribution in [2.75, 3.05) is 33.7 Å². The summed E-state index contributed by atoms with van der Waals surface area (Å²) in [6, 6.07) is -0.0948. The Kier molecular flexibility index (Phi) is 6.05. The topological polar surface area (TPSA) is 64.6 Å². The first-order valence-electron chi connectivity index (χ1n) is 6.79. The molecule has 0 saturated carbocycles. The molecule has 0 bridgehead atoms. The van der Waals surface area contributed by atoms with E-state index in [0.717, 1.165) is 25.8 Å². The van der Waals surface area contributed by atoms with Crippen molar-refractivity contribution in [2.24, 2.45) is 0 Å². The molecule has 106 valence electrons. The van der Waals surface area contributed by atoms with Crippen molar-refractivity contribution >= 4 is 5.91 Å². The maximum atomic E-state index is 12.0. The molecule has 2 atom stereocenters. The zero-order valence-electron chi connectivity index (χ0n) is 11.8. The van der Waals surface area contributed by atoms with Gasteiger partial charge in [-0.15, -0.1) is 0 Å². The van der Waals surface area contributed by atoms with E-state index < -0.39 is 5.60 Å². The maximum absolute atomic E-state index is 12.0. The van der Waals surface area contributed by atoms with Crippen LogP contribution in [0.5, 0.6) is 0 Å². The van der Waals surface area contributed by atoms with Crippen molar-refractivity contribution < 1.29 is 9.90 Å². The Bertz CT molecular complexity index is 259. The first-order valence-corrected chi connectivity index (χ1v) is 6.79. The minimum atomic E-state index is -0.885. The van der Waals surface area contributed by atoms with Gasteiger partial charge in [-0.05, 0) is 40.4 Å². The highest BCUT2D eigenvalue weighted by atomic mass is 16.3. The van der Waals surface area contributed by atoms with Crippen LogP contribution in [0.15, 0.2) is 0 Å². The van der Waals surface area contributed by atoms with Crippen molar-refractivity contribution in [3.05, 3.63) is 0 Å². The van der Waals surface area contributed by atoms with E-state index in [-0.39, 0.29) is 11.9 Å². The maximum Gasteiger partial charge on any atom is 0.237 e. The summed E-state index contributed by atoms with van der Waals surface area (Å²) >= 11 is 0. The summed E-state index contributed by atoms with van der Waals surface area (Å²) in [5.41, 5.74) is -0.885. The van der Waals surface area contributed by atoms with Crippen LogP contribution in [0, 0.1) is 0 Å². The number of hydrogen-bond acceptors (Lipinski definition) is 4. The Morgan fingerprint density at radius 2 is 2.17 bits per heavy atom. The molecule has 0 aliphatic carbocycles. The van der Waals surface area contributed by atoms with Gasteiger partial charge < -0.3 is 20.6 Å². The van der Waals surface area contributed by atoms with Crippen molar-refractivity contribution in [2.45, 2.75) is 44.2 Å². The van der Waals surface area contributed by atoms with Gasteiger partial charge in [0.15, 0.2) is 0 Å². The quantitative estimate of drug-likeness (QED) is 0.646. The molecular weight excluding hydrogens is 230 g/mol. The van der Waals surface area contributed by atoms with Crippen LogP contribution in [0.4, 0.5) is 0 Å². The molecule has 0 radical (unpaired) electrons. The minimum Gasteiger partial charge on any atom is -0.387 e. The van der Waals surface area contributed by atoms with E-state index in [1.807, 2.05) is 19.0 Å². The highest BCUT2D eigenvalue weighted by molar-refractivity contribution is 5.81. The predicted octanol–water partition coefficient (Wildman–Crippen LogP) is -0.0526. The van der Waals surface area contributed by atoms with Crippen LogP contribution in [-0.4, -0.2) is 61.3 Å². The fourth-order valence-corrected chi connectivity index (χ4v) is 2.39. The van der Waals surface area contributed by atoms with E-state index in [4.69, 9.17) is 0 Å². The monoisotopic (exact) mass is 257 g/mol. The Labute approximate surface area is 110 Å². The molecule has 0 aromatic rings. The predicted molar refractivity (Wildman–Crippen MR) is 72.4 cm³/mol. The second kappa shape index (κ2) is 7.07. The van der Waals surface area contributed by atoms with Gasteiger partial charge in [-0.25, -0.2) is 0 Å². The van der Waals surface area contributed by atoms with Gasteiger partial charge in [0.25, 0.3) is 0 Å². The third-order valence-corrected chi connectivity index (χ3v) is 3.18. The second-order valence-corrected chi connectivity index (χ2v) is 5.81. The highest BCUT2D eigenvalue weighted by Crippen LogP contribution is 2.09. The first-order chi connectivity index (χ1) is 8.41. The third-order valence-electron chi connectivity index (χ3n) is 3.18. The van der Waals surface area contributed by atoms with Crippen LogP contribution < -0.4 is 10.6 Å². The molecule has 1 fully saturated rings. The summed E-state index contributed by atoms with van der Waals surface area (Å²) in [5.74, 6) is 0.0101. The molecule has 5 heteroatoms. The fourth-order valence-electron chi connectivity index (χ4n) is 2.39. The lowest BCUT2D eigenvalue weighted by Gasteiger charge is -2.28. The molecule has 18 heavy (non-hydrogen) atoms. The average Bonchev–Trinajstić information content (AvgIpc) is 2.52. The van der Waals surface area contributed by atoms with E-state index in [1.165, 1.54) is 6.42 Å². The van der Waals surface area contributed by atoms with Gasteiger partial charge in [0.2, 0.25) is 5.91 Å². The standard InChI is InChI=1S/C13H27N3O2/c1-13(18,10-16(2)3)9-15-12(17)11-7-5-4-6-8-14-11/h11,14,18H,4-10H2,1-3H3,(H,15,17). The largest absolute Gasteiger partial charge is 0.387 e.